The normalized spacial score (nSPS) is 11.3. The lowest BCUT2D eigenvalue weighted by Gasteiger charge is -2.10. The molecule has 0 aliphatic rings. The van der Waals surface area contributed by atoms with Crippen molar-refractivity contribution in [1.29, 1.82) is 0 Å². The molecule has 0 atom stereocenters. The van der Waals surface area contributed by atoms with Crippen LogP contribution in [0.5, 0.6) is 0 Å². The quantitative estimate of drug-likeness (QED) is 0.163. The number of furan rings is 1. The van der Waals surface area contributed by atoms with Gasteiger partial charge < -0.3 is 4.42 Å². The maximum absolute atomic E-state index is 6.56. The minimum absolute atomic E-state index is 0.558. The molecule has 0 spiro atoms. The van der Waals surface area contributed by atoms with E-state index in [4.69, 9.17) is 34.3 Å². The Labute approximate surface area is 316 Å². The van der Waals surface area contributed by atoms with E-state index in [0.29, 0.717) is 40.5 Å². The third-order valence-electron chi connectivity index (χ3n) is 9.59. The van der Waals surface area contributed by atoms with Crippen molar-refractivity contribution in [3.05, 3.63) is 182 Å². The van der Waals surface area contributed by atoms with E-state index in [-0.39, 0.29) is 0 Å². The third-order valence-corrected chi connectivity index (χ3v) is 9.59. The predicted molar refractivity (Wildman–Crippen MR) is 219 cm³/mol. The van der Waals surface area contributed by atoms with Gasteiger partial charge in [-0.05, 0) is 35.4 Å². The molecule has 258 valence electrons. The molecule has 0 N–H and O–H groups in total. The Balaban J connectivity index is 1.12. The highest BCUT2D eigenvalue weighted by Gasteiger charge is 2.20. The summed E-state index contributed by atoms with van der Waals surface area (Å²) in [4.78, 5) is 29.9. The van der Waals surface area contributed by atoms with Crippen LogP contribution in [0.25, 0.3) is 101 Å². The van der Waals surface area contributed by atoms with Gasteiger partial charge in [0.25, 0.3) is 0 Å². The number of aromatic nitrogens is 6. The van der Waals surface area contributed by atoms with Crippen LogP contribution >= 0.6 is 0 Å². The minimum Gasteiger partial charge on any atom is -0.456 e. The Morgan fingerprint density at radius 3 is 1.24 bits per heavy atom. The second kappa shape index (κ2) is 13.7. The highest BCUT2D eigenvalue weighted by Crippen LogP contribution is 2.38. The summed E-state index contributed by atoms with van der Waals surface area (Å²) in [5, 5.41) is 1.85. The summed E-state index contributed by atoms with van der Waals surface area (Å²) in [6.45, 7) is 0. The van der Waals surface area contributed by atoms with Crippen molar-refractivity contribution in [3.63, 3.8) is 0 Å². The van der Waals surface area contributed by atoms with Gasteiger partial charge in [0.15, 0.2) is 34.9 Å². The average Bonchev–Trinajstić information content (AvgIpc) is 3.66. The van der Waals surface area contributed by atoms with Crippen molar-refractivity contribution in [1.82, 2.24) is 29.9 Å². The van der Waals surface area contributed by atoms with Crippen LogP contribution in [-0.2, 0) is 0 Å². The van der Waals surface area contributed by atoms with Gasteiger partial charge in [0.2, 0.25) is 0 Å². The fourth-order valence-corrected chi connectivity index (χ4v) is 6.90. The molecular formula is C48H30N6O. The van der Waals surface area contributed by atoms with Crippen LogP contribution in [0.1, 0.15) is 0 Å². The average molecular weight is 707 g/mol. The van der Waals surface area contributed by atoms with Gasteiger partial charge in [0.05, 0.1) is 0 Å². The highest BCUT2D eigenvalue weighted by atomic mass is 16.3. The topological polar surface area (TPSA) is 90.5 Å². The second-order valence-corrected chi connectivity index (χ2v) is 13.1. The number of benzene rings is 7. The fourth-order valence-electron chi connectivity index (χ4n) is 6.90. The van der Waals surface area contributed by atoms with Gasteiger partial charge in [-0.1, -0.05) is 158 Å². The molecule has 10 rings (SSSR count). The Morgan fingerprint density at radius 1 is 0.273 bits per heavy atom. The van der Waals surface area contributed by atoms with Gasteiger partial charge in [0, 0.05) is 44.2 Å². The number of rotatable bonds is 7. The Bertz CT molecular complexity index is 2910. The van der Waals surface area contributed by atoms with Crippen molar-refractivity contribution in [2.45, 2.75) is 0 Å². The maximum atomic E-state index is 6.56. The van der Waals surface area contributed by atoms with Crippen molar-refractivity contribution in [2.24, 2.45) is 0 Å². The largest absolute Gasteiger partial charge is 0.456 e. The predicted octanol–water partition coefficient (Wildman–Crippen LogP) is 11.6. The zero-order chi connectivity index (χ0) is 36.6. The summed E-state index contributed by atoms with van der Waals surface area (Å²) in [5.41, 5.74) is 8.94. The molecule has 0 radical (unpaired) electrons. The Morgan fingerprint density at radius 2 is 0.691 bits per heavy atom. The van der Waals surface area contributed by atoms with E-state index in [1.165, 1.54) is 0 Å². The van der Waals surface area contributed by atoms with Gasteiger partial charge in [-0.3, -0.25) is 0 Å². The lowest BCUT2D eigenvalue weighted by atomic mass is 10.0. The first-order valence-corrected chi connectivity index (χ1v) is 18.0. The first kappa shape index (κ1) is 32.0. The molecule has 0 bridgehead atoms. The van der Waals surface area contributed by atoms with E-state index < -0.39 is 0 Å². The van der Waals surface area contributed by atoms with Gasteiger partial charge in [-0.15, -0.1) is 0 Å². The minimum atomic E-state index is 0.558. The summed E-state index contributed by atoms with van der Waals surface area (Å²) in [6.07, 6.45) is 0. The first-order valence-electron chi connectivity index (χ1n) is 18.0. The number of hydrogen-bond donors (Lipinski definition) is 0. The summed E-state index contributed by atoms with van der Waals surface area (Å²) < 4.78 is 6.56. The van der Waals surface area contributed by atoms with E-state index in [2.05, 4.69) is 30.3 Å². The molecule has 0 saturated heterocycles. The van der Waals surface area contributed by atoms with Crippen LogP contribution in [0.3, 0.4) is 0 Å². The molecule has 7 aromatic carbocycles. The summed E-state index contributed by atoms with van der Waals surface area (Å²) in [5.74, 6) is 3.51. The monoisotopic (exact) mass is 706 g/mol. The van der Waals surface area contributed by atoms with Gasteiger partial charge in [0.1, 0.15) is 11.2 Å². The zero-order valence-electron chi connectivity index (χ0n) is 29.4. The van der Waals surface area contributed by atoms with Gasteiger partial charge in [-0.2, -0.15) is 0 Å². The van der Waals surface area contributed by atoms with Crippen molar-refractivity contribution in [3.8, 4) is 79.5 Å². The first-order chi connectivity index (χ1) is 27.2. The van der Waals surface area contributed by atoms with Crippen molar-refractivity contribution < 1.29 is 4.42 Å². The molecule has 7 heteroatoms. The summed E-state index contributed by atoms with van der Waals surface area (Å²) in [7, 11) is 0. The molecule has 0 amide bonds. The lowest BCUT2D eigenvalue weighted by Crippen LogP contribution is -2.00. The van der Waals surface area contributed by atoms with E-state index in [1.807, 2.05) is 152 Å². The van der Waals surface area contributed by atoms with E-state index in [0.717, 1.165) is 60.9 Å². The number of fused-ring (bicyclic) bond motifs is 3. The molecule has 0 aliphatic heterocycles. The van der Waals surface area contributed by atoms with Crippen molar-refractivity contribution >= 4 is 21.9 Å². The molecule has 0 aliphatic carbocycles. The summed E-state index contributed by atoms with van der Waals surface area (Å²) in [6, 6.07) is 60.7. The molecule has 0 unspecified atom stereocenters. The lowest BCUT2D eigenvalue weighted by molar-refractivity contribution is 0.669. The smallest absolute Gasteiger partial charge is 0.164 e. The molecule has 7 nitrogen and oxygen atoms in total. The molecule has 3 aromatic heterocycles. The van der Waals surface area contributed by atoms with Crippen LogP contribution in [0, 0.1) is 0 Å². The zero-order valence-corrected chi connectivity index (χ0v) is 29.4. The highest BCUT2D eigenvalue weighted by molar-refractivity contribution is 6.12. The molecule has 0 fully saturated rings. The standard InChI is InChI=1S/C48H30N6O/c1-5-15-31(16-6-1)35-23-13-24-36(29-35)46-52-45(34-21-11-4-12-22-34)53-48(54-46)39-25-14-26-40-42(39)38-28-27-37(30-41(38)55-40)47-50-43(32-17-7-2-8-18-32)49-44(51-47)33-19-9-3-10-20-33/h1-30H. The molecule has 10 aromatic rings. The third kappa shape index (κ3) is 6.19. The second-order valence-electron chi connectivity index (χ2n) is 13.1. The van der Waals surface area contributed by atoms with E-state index in [9.17, 15) is 0 Å². The molecular weight excluding hydrogens is 677 g/mol. The summed E-state index contributed by atoms with van der Waals surface area (Å²) >= 11 is 0. The number of hydrogen-bond acceptors (Lipinski definition) is 7. The van der Waals surface area contributed by atoms with Crippen LogP contribution in [0.2, 0.25) is 0 Å². The van der Waals surface area contributed by atoms with E-state index in [1.54, 1.807) is 0 Å². The van der Waals surface area contributed by atoms with Crippen LogP contribution in [0.15, 0.2) is 186 Å². The Kier molecular flexibility index (Phi) is 8.00. The van der Waals surface area contributed by atoms with Gasteiger partial charge >= 0.3 is 0 Å². The molecule has 3 heterocycles. The SMILES string of the molecule is c1ccc(-c2cccc(-c3nc(-c4ccccc4)nc(-c4cccc5oc6cc(-c7nc(-c8ccccc8)nc(-c8ccccc8)n7)ccc6c45)n3)c2)cc1. The van der Waals surface area contributed by atoms with Crippen LogP contribution < -0.4 is 0 Å². The molecule has 0 saturated carbocycles. The van der Waals surface area contributed by atoms with Crippen LogP contribution in [-0.4, -0.2) is 29.9 Å². The van der Waals surface area contributed by atoms with Crippen molar-refractivity contribution in [2.75, 3.05) is 0 Å². The van der Waals surface area contributed by atoms with Gasteiger partial charge in [-0.25, -0.2) is 29.9 Å². The maximum Gasteiger partial charge on any atom is 0.164 e. The number of nitrogens with zero attached hydrogens (tertiary/aromatic N) is 6. The van der Waals surface area contributed by atoms with Crippen LogP contribution in [0.4, 0.5) is 0 Å². The fraction of sp³-hybridized carbons (Fsp3) is 0. The Hall–Kier alpha value is -7.64. The molecule has 55 heavy (non-hydrogen) atoms. The van der Waals surface area contributed by atoms with E-state index >= 15 is 0 Å².